The van der Waals surface area contributed by atoms with Gasteiger partial charge in [0.25, 0.3) is 0 Å². The number of nitrogens with zero attached hydrogens (tertiary/aromatic N) is 2. The van der Waals surface area contributed by atoms with E-state index in [1.165, 1.54) is 5.69 Å². The average molecular weight is 265 g/mol. The Hall–Kier alpha value is -0.870. The first kappa shape index (κ1) is 14.5. The summed E-state index contributed by atoms with van der Waals surface area (Å²) in [6, 6.07) is 2.12. The van der Waals surface area contributed by atoms with Crippen LogP contribution in [-0.4, -0.2) is 35.6 Å². The summed E-state index contributed by atoms with van der Waals surface area (Å²) in [6.07, 6.45) is 4.44. The van der Waals surface area contributed by atoms with Crippen molar-refractivity contribution in [3.8, 4) is 0 Å². The van der Waals surface area contributed by atoms with Gasteiger partial charge in [0, 0.05) is 38.2 Å². The lowest BCUT2D eigenvalue weighted by Crippen LogP contribution is -2.42. The van der Waals surface area contributed by atoms with Crippen molar-refractivity contribution in [1.29, 1.82) is 0 Å². The Bertz CT molecular complexity index is 402. The van der Waals surface area contributed by atoms with Crippen molar-refractivity contribution in [2.45, 2.75) is 39.7 Å². The summed E-state index contributed by atoms with van der Waals surface area (Å²) >= 11 is 0. The lowest BCUT2D eigenvalue weighted by atomic mass is 9.77. The number of rotatable bonds is 6. The smallest absolute Gasteiger partial charge is 0.0631 e. The Labute approximate surface area is 116 Å². The van der Waals surface area contributed by atoms with E-state index in [2.05, 4.69) is 37.3 Å². The van der Waals surface area contributed by atoms with Crippen LogP contribution in [0.4, 0.5) is 0 Å². The molecule has 0 radical (unpaired) electrons. The van der Waals surface area contributed by atoms with Crippen LogP contribution >= 0.6 is 0 Å². The summed E-state index contributed by atoms with van der Waals surface area (Å²) in [4.78, 5) is 0. The molecular formula is C15H27N3O. The fraction of sp³-hybridized carbons (Fsp3) is 0.800. The largest absolute Gasteiger partial charge is 0.378 e. The van der Waals surface area contributed by atoms with Crippen molar-refractivity contribution < 1.29 is 4.74 Å². The van der Waals surface area contributed by atoms with Crippen LogP contribution in [0.3, 0.4) is 0 Å². The quantitative estimate of drug-likeness (QED) is 0.855. The van der Waals surface area contributed by atoms with Crippen LogP contribution in [0.15, 0.2) is 12.3 Å². The Morgan fingerprint density at radius 3 is 2.89 bits per heavy atom. The number of hydrogen-bond donors (Lipinski definition) is 1. The Kier molecular flexibility index (Phi) is 4.63. The minimum Gasteiger partial charge on any atom is -0.378 e. The highest BCUT2D eigenvalue weighted by atomic mass is 16.5. The summed E-state index contributed by atoms with van der Waals surface area (Å²) in [5.41, 5.74) is 1.37. The van der Waals surface area contributed by atoms with Crippen molar-refractivity contribution >= 4 is 0 Å². The molecule has 0 spiro atoms. The molecule has 1 fully saturated rings. The molecule has 2 unspecified atom stereocenters. The van der Waals surface area contributed by atoms with Crippen LogP contribution in [0.1, 0.15) is 32.9 Å². The average Bonchev–Trinajstić information content (AvgIpc) is 2.87. The van der Waals surface area contributed by atoms with Gasteiger partial charge >= 0.3 is 0 Å². The maximum absolute atomic E-state index is 5.83. The third-order valence-electron chi connectivity index (χ3n) is 4.16. The van der Waals surface area contributed by atoms with E-state index < -0.39 is 0 Å². The van der Waals surface area contributed by atoms with E-state index in [1.807, 2.05) is 17.9 Å². The standard InChI is InChI=1S/C15H27N3O/c1-12(2)10-16-11-15(6-8-19-13(15)3)9-14-5-7-18(4)17-14/h5,7,12-13,16H,6,8-11H2,1-4H3. The van der Waals surface area contributed by atoms with Gasteiger partial charge < -0.3 is 10.1 Å². The molecule has 1 aliphatic rings. The minimum absolute atomic E-state index is 0.198. The Morgan fingerprint density at radius 1 is 1.58 bits per heavy atom. The van der Waals surface area contributed by atoms with Crippen LogP contribution in [0.2, 0.25) is 0 Å². The van der Waals surface area contributed by atoms with E-state index in [4.69, 9.17) is 4.74 Å². The third kappa shape index (κ3) is 3.57. The second kappa shape index (κ2) is 6.06. The molecule has 4 heteroatoms. The minimum atomic E-state index is 0.198. The highest BCUT2D eigenvalue weighted by Crippen LogP contribution is 2.37. The maximum Gasteiger partial charge on any atom is 0.0631 e. The van der Waals surface area contributed by atoms with E-state index in [0.717, 1.165) is 32.5 Å². The summed E-state index contributed by atoms with van der Waals surface area (Å²) in [5.74, 6) is 0.685. The number of aromatic nitrogens is 2. The van der Waals surface area contributed by atoms with Crippen molar-refractivity contribution in [3.05, 3.63) is 18.0 Å². The first-order chi connectivity index (χ1) is 9.02. The van der Waals surface area contributed by atoms with Gasteiger partial charge in [-0.1, -0.05) is 13.8 Å². The molecule has 1 aliphatic heterocycles. The number of ether oxygens (including phenoxy) is 1. The monoisotopic (exact) mass is 265 g/mol. The highest BCUT2D eigenvalue weighted by molar-refractivity contribution is 5.06. The van der Waals surface area contributed by atoms with Crippen LogP contribution < -0.4 is 5.32 Å². The molecule has 108 valence electrons. The topological polar surface area (TPSA) is 39.1 Å². The molecule has 2 atom stereocenters. The molecule has 0 bridgehead atoms. The maximum atomic E-state index is 5.83. The molecule has 1 aromatic heterocycles. The second-order valence-corrected chi connectivity index (χ2v) is 6.31. The van der Waals surface area contributed by atoms with Crippen LogP contribution in [-0.2, 0) is 18.2 Å². The third-order valence-corrected chi connectivity index (χ3v) is 4.16. The van der Waals surface area contributed by atoms with Crippen molar-refractivity contribution in [3.63, 3.8) is 0 Å². The van der Waals surface area contributed by atoms with Gasteiger partial charge in [-0.25, -0.2) is 0 Å². The predicted molar refractivity (Wildman–Crippen MR) is 77.1 cm³/mol. The first-order valence-electron chi connectivity index (χ1n) is 7.33. The molecule has 1 saturated heterocycles. The van der Waals surface area contributed by atoms with E-state index >= 15 is 0 Å². The van der Waals surface area contributed by atoms with Crippen LogP contribution in [0, 0.1) is 11.3 Å². The fourth-order valence-electron chi connectivity index (χ4n) is 2.87. The molecule has 19 heavy (non-hydrogen) atoms. The zero-order valence-electron chi connectivity index (χ0n) is 12.6. The molecule has 0 aromatic carbocycles. The van der Waals surface area contributed by atoms with Gasteiger partial charge in [-0.2, -0.15) is 5.10 Å². The second-order valence-electron chi connectivity index (χ2n) is 6.31. The molecule has 0 amide bonds. The van der Waals surface area contributed by atoms with Gasteiger partial charge in [-0.15, -0.1) is 0 Å². The first-order valence-corrected chi connectivity index (χ1v) is 7.33. The summed E-state index contributed by atoms with van der Waals surface area (Å²) in [5, 5.41) is 8.14. The normalized spacial score (nSPS) is 27.3. The molecule has 2 rings (SSSR count). The Balaban J connectivity index is 2.02. The van der Waals surface area contributed by atoms with Crippen molar-refractivity contribution in [1.82, 2.24) is 15.1 Å². The van der Waals surface area contributed by atoms with Crippen molar-refractivity contribution in [2.24, 2.45) is 18.4 Å². The SMILES string of the molecule is CC(C)CNCC1(Cc2ccn(C)n2)CCOC1C. The van der Waals surface area contributed by atoms with Gasteiger partial charge in [0.2, 0.25) is 0 Å². The lowest BCUT2D eigenvalue weighted by Gasteiger charge is -2.32. The zero-order valence-corrected chi connectivity index (χ0v) is 12.6. The van der Waals surface area contributed by atoms with E-state index in [9.17, 15) is 0 Å². The van der Waals surface area contributed by atoms with Crippen LogP contribution in [0.5, 0.6) is 0 Å². The number of nitrogens with one attached hydrogen (secondary N) is 1. The predicted octanol–water partition coefficient (Wildman–Crippen LogP) is 2.00. The summed E-state index contributed by atoms with van der Waals surface area (Å²) in [6.45, 7) is 9.64. The van der Waals surface area contributed by atoms with Gasteiger partial charge in [0.15, 0.2) is 0 Å². The van der Waals surface area contributed by atoms with Gasteiger partial charge in [0.1, 0.15) is 0 Å². The molecule has 0 aliphatic carbocycles. The van der Waals surface area contributed by atoms with Gasteiger partial charge in [-0.05, 0) is 31.9 Å². The molecule has 4 nitrogen and oxygen atoms in total. The molecular weight excluding hydrogens is 238 g/mol. The highest BCUT2D eigenvalue weighted by Gasteiger charge is 2.41. The number of aryl methyl sites for hydroxylation is 1. The molecule has 2 heterocycles. The fourth-order valence-corrected chi connectivity index (χ4v) is 2.87. The van der Waals surface area contributed by atoms with Crippen molar-refractivity contribution in [2.75, 3.05) is 19.7 Å². The van der Waals surface area contributed by atoms with Gasteiger partial charge in [-0.3, -0.25) is 4.68 Å². The van der Waals surface area contributed by atoms with Crippen LogP contribution in [0.25, 0.3) is 0 Å². The zero-order chi connectivity index (χ0) is 13.9. The summed E-state index contributed by atoms with van der Waals surface area (Å²) < 4.78 is 7.71. The van der Waals surface area contributed by atoms with E-state index in [1.54, 1.807) is 0 Å². The molecule has 0 saturated carbocycles. The number of hydrogen-bond acceptors (Lipinski definition) is 3. The lowest BCUT2D eigenvalue weighted by molar-refractivity contribution is 0.0621. The molecule has 1 N–H and O–H groups in total. The molecule has 1 aromatic rings. The Morgan fingerprint density at radius 2 is 2.37 bits per heavy atom. The van der Waals surface area contributed by atoms with Gasteiger partial charge in [0.05, 0.1) is 11.8 Å². The van der Waals surface area contributed by atoms with E-state index in [-0.39, 0.29) is 5.41 Å². The van der Waals surface area contributed by atoms with E-state index in [0.29, 0.717) is 12.0 Å². The summed E-state index contributed by atoms with van der Waals surface area (Å²) in [7, 11) is 1.97.